The third kappa shape index (κ3) is 3.28. The molecule has 0 heterocycles. The number of halogens is 1. The van der Waals surface area contributed by atoms with Crippen LogP contribution in [-0.4, -0.2) is 24.1 Å². The van der Waals surface area contributed by atoms with Gasteiger partial charge in [-0.1, -0.05) is 18.2 Å². The Balaban J connectivity index is 2.93. The van der Waals surface area contributed by atoms with Gasteiger partial charge in [0.25, 0.3) is 0 Å². The van der Waals surface area contributed by atoms with E-state index < -0.39 is 5.97 Å². The van der Waals surface area contributed by atoms with Crippen molar-refractivity contribution in [1.82, 2.24) is 0 Å². The number of methoxy groups -OCH3 is 1. The zero-order chi connectivity index (χ0) is 12.0. The molecular formula is C12H13ClO3. The zero-order valence-corrected chi connectivity index (χ0v) is 9.70. The summed E-state index contributed by atoms with van der Waals surface area (Å²) in [4.78, 5) is 11.3. The Kier molecular flexibility index (Phi) is 4.86. The molecule has 0 radical (unpaired) electrons. The lowest BCUT2D eigenvalue weighted by Gasteiger charge is -2.03. The van der Waals surface area contributed by atoms with Crippen LogP contribution in [0, 0.1) is 0 Å². The zero-order valence-electron chi connectivity index (χ0n) is 8.94. The fourth-order valence-corrected chi connectivity index (χ4v) is 1.34. The van der Waals surface area contributed by atoms with Gasteiger partial charge in [-0.15, -0.1) is 11.6 Å². The highest BCUT2D eigenvalue weighted by Gasteiger charge is 2.10. The number of hydrogen-bond acceptors (Lipinski definition) is 3. The first-order valence-electron chi connectivity index (χ1n) is 4.83. The summed E-state index contributed by atoms with van der Waals surface area (Å²) in [5, 5.41) is 9.46. The van der Waals surface area contributed by atoms with E-state index in [-0.39, 0.29) is 11.3 Å². The van der Waals surface area contributed by atoms with Crippen LogP contribution in [0.1, 0.15) is 22.3 Å². The Morgan fingerprint density at radius 2 is 2.31 bits per heavy atom. The number of alkyl halides is 1. The summed E-state index contributed by atoms with van der Waals surface area (Å²) < 4.78 is 4.55. The molecule has 1 aromatic rings. The number of phenols is 1. The number of benzene rings is 1. The number of ether oxygens (including phenoxy) is 1. The Morgan fingerprint density at radius 3 is 2.94 bits per heavy atom. The van der Waals surface area contributed by atoms with E-state index in [1.807, 2.05) is 12.2 Å². The lowest BCUT2D eigenvalue weighted by molar-refractivity contribution is 0.0597. The van der Waals surface area contributed by atoms with E-state index in [1.165, 1.54) is 13.2 Å². The first-order chi connectivity index (χ1) is 7.69. The molecule has 0 spiro atoms. The molecule has 1 rings (SSSR count). The summed E-state index contributed by atoms with van der Waals surface area (Å²) in [6, 6.07) is 4.75. The topological polar surface area (TPSA) is 46.5 Å². The van der Waals surface area contributed by atoms with Crippen molar-refractivity contribution in [2.75, 3.05) is 13.0 Å². The Bertz CT molecular complexity index is 399. The molecule has 0 aliphatic carbocycles. The van der Waals surface area contributed by atoms with Crippen LogP contribution in [0.5, 0.6) is 5.75 Å². The molecule has 0 saturated heterocycles. The van der Waals surface area contributed by atoms with Gasteiger partial charge in [0.05, 0.1) is 7.11 Å². The predicted molar refractivity (Wildman–Crippen MR) is 63.8 cm³/mol. The Morgan fingerprint density at radius 1 is 1.56 bits per heavy atom. The van der Waals surface area contributed by atoms with E-state index in [0.717, 1.165) is 12.0 Å². The van der Waals surface area contributed by atoms with E-state index in [4.69, 9.17) is 11.6 Å². The van der Waals surface area contributed by atoms with Gasteiger partial charge >= 0.3 is 5.97 Å². The fourth-order valence-electron chi connectivity index (χ4n) is 1.21. The summed E-state index contributed by atoms with van der Waals surface area (Å²) in [6.07, 6.45) is 4.50. The van der Waals surface area contributed by atoms with Gasteiger partial charge in [0.1, 0.15) is 11.3 Å². The second kappa shape index (κ2) is 6.18. The number of hydrogen-bond donors (Lipinski definition) is 1. The third-order valence-corrected chi connectivity index (χ3v) is 2.23. The molecular weight excluding hydrogens is 228 g/mol. The maximum absolute atomic E-state index is 11.3. The van der Waals surface area contributed by atoms with E-state index in [2.05, 4.69) is 4.74 Å². The first-order valence-corrected chi connectivity index (χ1v) is 5.36. The number of rotatable bonds is 4. The number of esters is 1. The van der Waals surface area contributed by atoms with Crippen molar-refractivity contribution in [3.8, 4) is 5.75 Å². The molecule has 0 bridgehead atoms. The van der Waals surface area contributed by atoms with Crippen LogP contribution < -0.4 is 0 Å². The summed E-state index contributed by atoms with van der Waals surface area (Å²) in [5.74, 6) is -0.0789. The highest BCUT2D eigenvalue weighted by molar-refractivity contribution is 6.17. The number of phenolic OH excluding ortho intramolecular Hbond substituents is 1. The van der Waals surface area contributed by atoms with Gasteiger partial charge in [-0.2, -0.15) is 0 Å². The second-order valence-electron chi connectivity index (χ2n) is 3.15. The van der Waals surface area contributed by atoms with Gasteiger partial charge in [0, 0.05) is 5.88 Å². The maximum atomic E-state index is 11.3. The van der Waals surface area contributed by atoms with Gasteiger partial charge < -0.3 is 9.84 Å². The summed E-state index contributed by atoms with van der Waals surface area (Å²) >= 11 is 5.53. The molecule has 16 heavy (non-hydrogen) atoms. The van der Waals surface area contributed by atoms with Crippen molar-refractivity contribution in [3.05, 3.63) is 35.4 Å². The molecule has 0 amide bonds. The van der Waals surface area contributed by atoms with Crippen molar-refractivity contribution in [2.45, 2.75) is 6.42 Å². The highest BCUT2D eigenvalue weighted by atomic mass is 35.5. The molecule has 86 valence electrons. The molecule has 4 heteroatoms. The molecule has 1 N–H and O–H groups in total. The van der Waals surface area contributed by atoms with E-state index in [1.54, 1.807) is 12.1 Å². The minimum Gasteiger partial charge on any atom is -0.507 e. The minimum atomic E-state index is -0.551. The van der Waals surface area contributed by atoms with Crippen molar-refractivity contribution in [1.29, 1.82) is 0 Å². The molecule has 0 aliphatic heterocycles. The average Bonchev–Trinajstić information content (AvgIpc) is 2.30. The van der Waals surface area contributed by atoms with E-state index >= 15 is 0 Å². The molecule has 3 nitrogen and oxygen atoms in total. The van der Waals surface area contributed by atoms with Crippen LogP contribution >= 0.6 is 11.6 Å². The van der Waals surface area contributed by atoms with Crippen molar-refractivity contribution in [2.24, 2.45) is 0 Å². The highest BCUT2D eigenvalue weighted by Crippen LogP contribution is 2.20. The molecule has 0 unspecified atom stereocenters. The molecule has 0 aliphatic rings. The number of carbonyl (C=O) groups is 1. The van der Waals surface area contributed by atoms with Crippen LogP contribution in [0.3, 0.4) is 0 Å². The molecule has 1 aromatic carbocycles. The predicted octanol–water partition coefficient (Wildman–Crippen LogP) is 2.82. The summed E-state index contributed by atoms with van der Waals surface area (Å²) in [7, 11) is 1.28. The van der Waals surface area contributed by atoms with Gasteiger partial charge in [0.15, 0.2) is 0 Å². The standard InChI is InChI=1S/C12H13ClO3/c1-16-12(15)10-8-9(4-2-3-7-13)5-6-11(10)14/h2,4-6,8,14H,3,7H2,1H3. The normalized spacial score (nSPS) is 10.6. The Labute approximate surface area is 99.3 Å². The Hall–Kier alpha value is -1.48. The smallest absolute Gasteiger partial charge is 0.341 e. The van der Waals surface area contributed by atoms with Gasteiger partial charge in [-0.25, -0.2) is 4.79 Å². The fraction of sp³-hybridized carbons (Fsp3) is 0.250. The largest absolute Gasteiger partial charge is 0.507 e. The molecule has 0 atom stereocenters. The monoisotopic (exact) mass is 240 g/mol. The van der Waals surface area contributed by atoms with Crippen LogP contribution in [0.15, 0.2) is 24.3 Å². The average molecular weight is 241 g/mol. The maximum Gasteiger partial charge on any atom is 0.341 e. The third-order valence-electron chi connectivity index (χ3n) is 2.01. The first kappa shape index (κ1) is 12.6. The number of allylic oxidation sites excluding steroid dienone is 1. The molecule has 0 aromatic heterocycles. The van der Waals surface area contributed by atoms with Gasteiger partial charge in [0.2, 0.25) is 0 Å². The van der Waals surface area contributed by atoms with Crippen molar-refractivity contribution >= 4 is 23.6 Å². The lowest BCUT2D eigenvalue weighted by Crippen LogP contribution is -2.01. The van der Waals surface area contributed by atoms with Crippen LogP contribution in [0.25, 0.3) is 6.08 Å². The minimum absolute atomic E-state index is 0.0821. The molecule has 0 fully saturated rings. The SMILES string of the molecule is COC(=O)c1cc(C=CCCCl)ccc1O. The summed E-state index contributed by atoms with van der Waals surface area (Å²) in [6.45, 7) is 0. The van der Waals surface area contributed by atoms with Crippen LogP contribution in [0.4, 0.5) is 0 Å². The summed E-state index contributed by atoms with van der Waals surface area (Å²) in [5.41, 5.74) is 0.985. The van der Waals surface area contributed by atoms with E-state index in [0.29, 0.717) is 5.88 Å². The number of aromatic hydroxyl groups is 1. The quantitative estimate of drug-likeness (QED) is 0.650. The van der Waals surface area contributed by atoms with Crippen molar-refractivity contribution in [3.63, 3.8) is 0 Å². The second-order valence-corrected chi connectivity index (χ2v) is 3.53. The van der Waals surface area contributed by atoms with Gasteiger partial charge in [-0.3, -0.25) is 0 Å². The number of carbonyl (C=O) groups excluding carboxylic acids is 1. The lowest BCUT2D eigenvalue weighted by atomic mass is 10.1. The van der Waals surface area contributed by atoms with Crippen LogP contribution in [0.2, 0.25) is 0 Å². The molecule has 0 saturated carbocycles. The van der Waals surface area contributed by atoms with Crippen LogP contribution in [-0.2, 0) is 4.74 Å². The van der Waals surface area contributed by atoms with E-state index in [9.17, 15) is 9.90 Å². The van der Waals surface area contributed by atoms with Crippen molar-refractivity contribution < 1.29 is 14.6 Å². The van der Waals surface area contributed by atoms with Gasteiger partial charge in [-0.05, 0) is 24.1 Å².